The van der Waals surface area contributed by atoms with Crippen molar-refractivity contribution in [1.82, 2.24) is 15.6 Å². The Morgan fingerprint density at radius 3 is 1.81 bits per heavy atom. The highest BCUT2D eigenvalue weighted by atomic mass is 16.3. The van der Waals surface area contributed by atoms with Crippen molar-refractivity contribution in [2.24, 2.45) is 23.7 Å². The van der Waals surface area contributed by atoms with Gasteiger partial charge in [-0.3, -0.25) is 14.6 Å². The molecule has 2 saturated carbocycles. The molecule has 2 aliphatic heterocycles. The molecule has 0 aromatic carbocycles. The van der Waals surface area contributed by atoms with Crippen molar-refractivity contribution in [3.8, 4) is 0 Å². The molecule has 0 spiro atoms. The van der Waals surface area contributed by atoms with Gasteiger partial charge < -0.3 is 20.8 Å². The lowest BCUT2D eigenvalue weighted by atomic mass is 9.62. The van der Waals surface area contributed by atoms with Gasteiger partial charge in [0.15, 0.2) is 0 Å². The van der Waals surface area contributed by atoms with E-state index in [0.29, 0.717) is 5.69 Å². The maximum atomic E-state index is 13.3. The first-order valence-electron chi connectivity index (χ1n) is 11.9. The zero-order chi connectivity index (χ0) is 21.5. The fraction of sp³-hybridized carbons (Fsp3) is 0.708. The minimum Gasteiger partial charge on any atom is -0.392 e. The maximum absolute atomic E-state index is 13.3. The van der Waals surface area contributed by atoms with Gasteiger partial charge in [-0.2, -0.15) is 0 Å². The van der Waals surface area contributed by atoms with E-state index >= 15 is 0 Å². The van der Waals surface area contributed by atoms with Crippen molar-refractivity contribution in [1.29, 1.82) is 0 Å². The molecule has 1 aromatic heterocycles. The van der Waals surface area contributed by atoms with E-state index < -0.39 is 30.0 Å². The van der Waals surface area contributed by atoms with E-state index in [2.05, 4.69) is 15.6 Å². The monoisotopic (exact) mass is 427 g/mol. The van der Waals surface area contributed by atoms with Crippen molar-refractivity contribution >= 4 is 11.8 Å². The third kappa shape index (κ3) is 3.65. The number of aromatic nitrogens is 1. The molecule has 8 atom stereocenters. The Bertz CT molecular complexity index is 770. The minimum absolute atomic E-state index is 0.00952. The molecule has 5 rings (SSSR count). The van der Waals surface area contributed by atoms with Gasteiger partial charge >= 0.3 is 0 Å². The predicted octanol–water partition coefficient (Wildman–Crippen LogP) is 1.50. The Labute approximate surface area is 183 Å². The molecule has 0 radical (unpaired) electrons. The molecule has 3 heterocycles. The smallest absolute Gasteiger partial charge is 0.226 e. The van der Waals surface area contributed by atoms with Gasteiger partial charge in [0.05, 0.1) is 24.0 Å². The third-order valence-corrected chi connectivity index (χ3v) is 8.32. The van der Waals surface area contributed by atoms with Crippen molar-refractivity contribution in [2.75, 3.05) is 0 Å². The number of nitrogens with zero attached hydrogens (tertiary/aromatic N) is 1. The number of piperidine rings is 2. The van der Waals surface area contributed by atoms with E-state index in [1.807, 2.05) is 12.1 Å². The van der Waals surface area contributed by atoms with Crippen LogP contribution in [0, 0.1) is 23.7 Å². The van der Waals surface area contributed by atoms with Gasteiger partial charge in [0.2, 0.25) is 11.8 Å². The van der Waals surface area contributed by atoms with E-state index in [9.17, 15) is 19.8 Å². The van der Waals surface area contributed by atoms with Crippen LogP contribution >= 0.6 is 0 Å². The highest BCUT2D eigenvalue weighted by molar-refractivity contribution is 5.86. The summed E-state index contributed by atoms with van der Waals surface area (Å²) in [4.78, 5) is 31.1. The molecular weight excluding hydrogens is 394 g/mol. The number of carbonyl (C=O) groups is 2. The first-order chi connectivity index (χ1) is 15.1. The lowest BCUT2D eigenvalue weighted by molar-refractivity contribution is -0.151. The predicted molar refractivity (Wildman–Crippen MR) is 114 cm³/mol. The maximum Gasteiger partial charge on any atom is 0.226 e. The first kappa shape index (κ1) is 20.9. The summed E-state index contributed by atoms with van der Waals surface area (Å²) in [7, 11) is 0. The van der Waals surface area contributed by atoms with Crippen LogP contribution in [0.15, 0.2) is 24.4 Å². The van der Waals surface area contributed by atoms with Crippen LogP contribution in [0.5, 0.6) is 0 Å². The second-order valence-corrected chi connectivity index (χ2v) is 9.94. The van der Waals surface area contributed by atoms with Gasteiger partial charge in [-0.1, -0.05) is 31.7 Å². The number of aliphatic hydroxyl groups excluding tert-OH is 2. The molecule has 8 unspecified atom stereocenters. The summed E-state index contributed by atoms with van der Waals surface area (Å²) >= 11 is 0. The zero-order valence-electron chi connectivity index (χ0n) is 17.8. The highest BCUT2D eigenvalue weighted by Gasteiger charge is 2.55. The van der Waals surface area contributed by atoms with Crippen LogP contribution in [0.4, 0.5) is 0 Å². The second-order valence-electron chi connectivity index (χ2n) is 9.94. The molecule has 7 nitrogen and oxygen atoms in total. The van der Waals surface area contributed by atoms with Crippen LogP contribution in [0.2, 0.25) is 0 Å². The molecule has 2 aliphatic carbocycles. The Balaban J connectivity index is 1.53. The Morgan fingerprint density at radius 2 is 1.32 bits per heavy atom. The number of fused-ring (bicyclic) bond motifs is 2. The molecule has 31 heavy (non-hydrogen) atoms. The third-order valence-electron chi connectivity index (χ3n) is 8.32. The average molecular weight is 428 g/mol. The Hall–Kier alpha value is -1.99. The quantitative estimate of drug-likeness (QED) is 0.584. The Kier molecular flexibility index (Phi) is 5.73. The van der Waals surface area contributed by atoms with Gasteiger partial charge in [0.25, 0.3) is 0 Å². The van der Waals surface area contributed by atoms with Crippen LogP contribution in [0.25, 0.3) is 0 Å². The fourth-order valence-corrected chi connectivity index (χ4v) is 6.81. The van der Waals surface area contributed by atoms with Gasteiger partial charge in [0, 0.05) is 41.7 Å². The molecule has 7 heteroatoms. The minimum atomic E-state index is -0.852. The number of aliphatic hydroxyl groups is 2. The molecule has 2 saturated heterocycles. The number of hydrogen-bond donors (Lipinski definition) is 4. The summed E-state index contributed by atoms with van der Waals surface area (Å²) in [5, 5.41) is 29.1. The van der Waals surface area contributed by atoms with Crippen molar-refractivity contribution in [3.05, 3.63) is 30.1 Å². The summed E-state index contributed by atoms with van der Waals surface area (Å²) < 4.78 is 0. The van der Waals surface area contributed by atoms with E-state index in [1.165, 1.54) is 0 Å². The second kappa shape index (κ2) is 8.51. The van der Waals surface area contributed by atoms with E-state index in [4.69, 9.17) is 0 Å². The van der Waals surface area contributed by atoms with Crippen molar-refractivity contribution in [2.45, 2.75) is 81.6 Å². The highest BCUT2D eigenvalue weighted by Crippen LogP contribution is 2.46. The molecular formula is C24H33N3O4. The number of amides is 2. The molecule has 4 fully saturated rings. The number of hydrogen-bond acceptors (Lipinski definition) is 5. The van der Waals surface area contributed by atoms with Gasteiger partial charge in [-0.15, -0.1) is 0 Å². The summed E-state index contributed by atoms with van der Waals surface area (Å²) in [6.07, 6.45) is 7.60. The molecule has 4 N–H and O–H groups in total. The van der Waals surface area contributed by atoms with E-state index in [0.717, 1.165) is 51.4 Å². The molecule has 0 bridgehead atoms. The van der Waals surface area contributed by atoms with Crippen LogP contribution in [0.1, 0.15) is 63.0 Å². The van der Waals surface area contributed by atoms with Crippen LogP contribution in [-0.2, 0) is 9.59 Å². The molecule has 4 aliphatic rings. The average Bonchev–Trinajstić information content (AvgIpc) is 2.78. The molecule has 168 valence electrons. The largest absolute Gasteiger partial charge is 0.392 e. The van der Waals surface area contributed by atoms with Crippen LogP contribution in [0.3, 0.4) is 0 Å². The summed E-state index contributed by atoms with van der Waals surface area (Å²) in [5.41, 5.74) is 0.587. The molecule has 2 amide bonds. The topological polar surface area (TPSA) is 112 Å². The fourth-order valence-electron chi connectivity index (χ4n) is 6.81. The van der Waals surface area contributed by atoms with Crippen LogP contribution < -0.4 is 10.6 Å². The van der Waals surface area contributed by atoms with Gasteiger partial charge in [-0.05, 0) is 37.8 Å². The number of carbonyl (C=O) groups excluding carboxylic acids is 2. The zero-order valence-corrected chi connectivity index (χ0v) is 17.8. The Morgan fingerprint density at radius 1 is 0.806 bits per heavy atom. The summed E-state index contributed by atoms with van der Waals surface area (Å²) in [6, 6.07) is 5.42. The van der Waals surface area contributed by atoms with E-state index in [1.54, 1.807) is 12.3 Å². The lowest BCUT2D eigenvalue weighted by Gasteiger charge is -2.50. The standard InChI is InChI=1S/C24H33N3O4/c28-21-13-7-1-3-9-15(13)26-23(30)19(21)18(17-11-5-6-12-25-17)20-22(29)14-8-2-4-10-16(14)27-24(20)31/h5-6,11-16,18-22,28-29H,1-4,7-10H2,(H,26,30)(H,27,31). The summed E-state index contributed by atoms with van der Waals surface area (Å²) in [6.45, 7) is 0. The van der Waals surface area contributed by atoms with Crippen LogP contribution in [-0.4, -0.2) is 51.3 Å². The lowest BCUT2D eigenvalue weighted by Crippen LogP contribution is -2.64. The van der Waals surface area contributed by atoms with Gasteiger partial charge in [0.1, 0.15) is 0 Å². The van der Waals surface area contributed by atoms with Gasteiger partial charge in [-0.25, -0.2) is 0 Å². The number of nitrogens with one attached hydrogen (secondary N) is 2. The van der Waals surface area contributed by atoms with Crippen molar-refractivity contribution < 1.29 is 19.8 Å². The molecule has 1 aromatic rings. The SMILES string of the molecule is O=C1NC2CCCCC2C(O)C1C(c1ccccn1)C1C(=O)NC2CCCCC2C1O. The first-order valence-corrected chi connectivity index (χ1v) is 11.9. The number of pyridine rings is 1. The summed E-state index contributed by atoms with van der Waals surface area (Å²) in [5.74, 6) is -2.77. The van der Waals surface area contributed by atoms with Crippen molar-refractivity contribution in [3.63, 3.8) is 0 Å². The van der Waals surface area contributed by atoms with E-state index in [-0.39, 0.29) is 35.7 Å². The number of rotatable bonds is 3. The normalized spacial score (nSPS) is 41.4.